The molecule has 3 aromatic rings. The summed E-state index contributed by atoms with van der Waals surface area (Å²) >= 11 is 0. The lowest BCUT2D eigenvalue weighted by atomic mass is 10.1. The van der Waals surface area contributed by atoms with E-state index in [2.05, 4.69) is 55.7 Å². The number of aromatic nitrogens is 2. The summed E-state index contributed by atoms with van der Waals surface area (Å²) in [5.41, 5.74) is 4.55. The minimum atomic E-state index is 0.566. The number of rotatable bonds is 5. The molecule has 0 saturated heterocycles. The van der Waals surface area contributed by atoms with Crippen LogP contribution in [0.2, 0.25) is 0 Å². The van der Waals surface area contributed by atoms with Gasteiger partial charge < -0.3 is 4.74 Å². The number of ether oxygens (including phenoxy) is 1. The van der Waals surface area contributed by atoms with Gasteiger partial charge in [0.05, 0.1) is 12.8 Å². The molecule has 0 bridgehead atoms. The molecule has 3 rings (SSSR count). The van der Waals surface area contributed by atoms with Crippen molar-refractivity contribution in [3.63, 3.8) is 0 Å². The Morgan fingerprint density at radius 3 is 2.50 bits per heavy atom. The first-order chi connectivity index (χ1) is 11.6. The summed E-state index contributed by atoms with van der Waals surface area (Å²) in [4.78, 5) is 4.72. The molecule has 1 aromatic heterocycles. The second-order valence-electron chi connectivity index (χ2n) is 6.53. The molecule has 3 nitrogen and oxygen atoms in total. The summed E-state index contributed by atoms with van der Waals surface area (Å²) in [7, 11) is 1.72. The molecule has 0 aliphatic carbocycles. The molecule has 0 atom stereocenters. The fourth-order valence-corrected chi connectivity index (χ4v) is 2.98. The maximum atomic E-state index is 5.52. The van der Waals surface area contributed by atoms with Gasteiger partial charge in [0, 0.05) is 23.5 Å². The first kappa shape index (κ1) is 16.3. The molecule has 0 aliphatic heterocycles. The quantitative estimate of drug-likeness (QED) is 0.657. The Labute approximate surface area is 143 Å². The highest BCUT2D eigenvalue weighted by molar-refractivity contribution is 5.60. The average Bonchev–Trinajstić information content (AvgIpc) is 2.99. The molecular formula is C21H24N2O. The minimum Gasteiger partial charge on any atom is -0.496 e. The zero-order chi connectivity index (χ0) is 17.1. The number of methoxy groups -OCH3 is 1. The van der Waals surface area contributed by atoms with Gasteiger partial charge in [0.1, 0.15) is 11.6 Å². The number of nitrogens with zero attached hydrogens (tertiary/aromatic N) is 2. The predicted molar refractivity (Wildman–Crippen MR) is 98.8 cm³/mol. The zero-order valence-corrected chi connectivity index (χ0v) is 14.8. The van der Waals surface area contributed by atoms with Gasteiger partial charge in [-0.2, -0.15) is 0 Å². The van der Waals surface area contributed by atoms with Gasteiger partial charge in [-0.05, 0) is 30.9 Å². The lowest BCUT2D eigenvalue weighted by Gasteiger charge is -2.15. The molecule has 2 aromatic carbocycles. The van der Waals surface area contributed by atoms with E-state index in [1.54, 1.807) is 7.11 Å². The van der Waals surface area contributed by atoms with Crippen LogP contribution in [0.3, 0.4) is 0 Å². The van der Waals surface area contributed by atoms with Crippen LogP contribution in [0.5, 0.6) is 5.75 Å². The van der Waals surface area contributed by atoms with Gasteiger partial charge in [0.2, 0.25) is 0 Å². The van der Waals surface area contributed by atoms with E-state index in [4.69, 9.17) is 9.72 Å². The monoisotopic (exact) mass is 320 g/mol. The zero-order valence-electron chi connectivity index (χ0n) is 14.8. The summed E-state index contributed by atoms with van der Waals surface area (Å²) in [6.07, 6.45) is 2.98. The lowest BCUT2D eigenvalue weighted by Crippen LogP contribution is -2.06. The first-order valence-electron chi connectivity index (χ1n) is 8.37. The first-order valence-corrected chi connectivity index (χ1v) is 8.37. The largest absolute Gasteiger partial charge is 0.496 e. The summed E-state index contributed by atoms with van der Waals surface area (Å²) < 4.78 is 7.76. The minimum absolute atomic E-state index is 0.566. The van der Waals surface area contributed by atoms with Crippen LogP contribution in [0, 0.1) is 12.8 Å². The summed E-state index contributed by atoms with van der Waals surface area (Å²) in [6, 6.07) is 16.6. The van der Waals surface area contributed by atoms with Crippen LogP contribution in [0.1, 0.15) is 25.1 Å². The van der Waals surface area contributed by atoms with Crippen molar-refractivity contribution < 1.29 is 4.74 Å². The Bertz CT molecular complexity index is 819. The SMILES string of the molecule is COc1cc(-n2c(CC(C)C)cnc2-c2ccccc2)ccc1C. The second-order valence-corrected chi connectivity index (χ2v) is 6.53. The number of imidazole rings is 1. The molecule has 0 unspecified atom stereocenters. The number of hydrogen-bond acceptors (Lipinski definition) is 2. The topological polar surface area (TPSA) is 27.1 Å². The van der Waals surface area contributed by atoms with E-state index in [0.717, 1.165) is 34.8 Å². The molecule has 0 saturated carbocycles. The maximum Gasteiger partial charge on any atom is 0.144 e. The third-order valence-corrected chi connectivity index (χ3v) is 4.13. The van der Waals surface area contributed by atoms with E-state index in [9.17, 15) is 0 Å². The van der Waals surface area contributed by atoms with Crippen LogP contribution in [-0.4, -0.2) is 16.7 Å². The van der Waals surface area contributed by atoms with E-state index >= 15 is 0 Å². The molecule has 124 valence electrons. The van der Waals surface area contributed by atoms with Crippen molar-refractivity contribution >= 4 is 0 Å². The van der Waals surface area contributed by atoms with Crippen molar-refractivity contribution in [1.82, 2.24) is 9.55 Å². The Morgan fingerprint density at radius 1 is 1.08 bits per heavy atom. The molecule has 24 heavy (non-hydrogen) atoms. The smallest absolute Gasteiger partial charge is 0.144 e. The molecular weight excluding hydrogens is 296 g/mol. The van der Waals surface area contributed by atoms with Crippen molar-refractivity contribution in [3.8, 4) is 22.8 Å². The highest BCUT2D eigenvalue weighted by Crippen LogP contribution is 2.28. The molecule has 0 amide bonds. The van der Waals surface area contributed by atoms with Gasteiger partial charge in [0.15, 0.2) is 0 Å². The Hall–Kier alpha value is -2.55. The fourth-order valence-electron chi connectivity index (χ4n) is 2.98. The Kier molecular flexibility index (Phi) is 4.70. The van der Waals surface area contributed by atoms with Crippen LogP contribution < -0.4 is 4.74 Å². The summed E-state index contributed by atoms with van der Waals surface area (Å²) in [5, 5.41) is 0. The van der Waals surface area contributed by atoms with Crippen LogP contribution in [0.15, 0.2) is 54.7 Å². The van der Waals surface area contributed by atoms with Crippen molar-refractivity contribution in [1.29, 1.82) is 0 Å². The molecule has 1 heterocycles. The molecule has 0 fully saturated rings. The van der Waals surface area contributed by atoms with Gasteiger partial charge >= 0.3 is 0 Å². The summed E-state index contributed by atoms with van der Waals surface area (Å²) in [5.74, 6) is 2.43. The van der Waals surface area contributed by atoms with E-state index < -0.39 is 0 Å². The van der Waals surface area contributed by atoms with E-state index in [0.29, 0.717) is 5.92 Å². The highest BCUT2D eigenvalue weighted by atomic mass is 16.5. The van der Waals surface area contributed by atoms with Crippen LogP contribution in [0.25, 0.3) is 17.1 Å². The normalized spacial score (nSPS) is 11.0. The Morgan fingerprint density at radius 2 is 1.83 bits per heavy atom. The van der Waals surface area contributed by atoms with E-state index in [1.807, 2.05) is 24.4 Å². The maximum absolute atomic E-state index is 5.52. The van der Waals surface area contributed by atoms with Gasteiger partial charge in [-0.3, -0.25) is 4.57 Å². The highest BCUT2D eigenvalue weighted by Gasteiger charge is 2.15. The standard InChI is InChI=1S/C21H24N2O/c1-15(2)12-19-14-22-21(17-8-6-5-7-9-17)23(19)18-11-10-16(3)20(13-18)24-4/h5-11,13-15H,12H2,1-4H3. The van der Waals surface area contributed by atoms with Crippen molar-refractivity contribution in [2.75, 3.05) is 7.11 Å². The van der Waals surface area contributed by atoms with Gasteiger partial charge in [-0.15, -0.1) is 0 Å². The molecule has 3 heteroatoms. The lowest BCUT2D eigenvalue weighted by molar-refractivity contribution is 0.411. The fraction of sp³-hybridized carbons (Fsp3) is 0.286. The number of benzene rings is 2. The van der Waals surface area contributed by atoms with Gasteiger partial charge in [-0.25, -0.2) is 4.98 Å². The molecule has 0 radical (unpaired) electrons. The van der Waals surface area contributed by atoms with Crippen molar-refractivity contribution in [3.05, 3.63) is 66.0 Å². The molecule has 0 spiro atoms. The third kappa shape index (κ3) is 3.21. The molecule has 0 N–H and O–H groups in total. The summed E-state index contributed by atoms with van der Waals surface area (Å²) in [6.45, 7) is 6.52. The average molecular weight is 320 g/mol. The number of hydrogen-bond donors (Lipinski definition) is 0. The predicted octanol–water partition coefficient (Wildman–Crippen LogP) is 5.05. The van der Waals surface area contributed by atoms with Crippen LogP contribution in [-0.2, 0) is 6.42 Å². The van der Waals surface area contributed by atoms with Gasteiger partial charge in [0.25, 0.3) is 0 Å². The van der Waals surface area contributed by atoms with Gasteiger partial charge in [-0.1, -0.05) is 50.2 Å². The third-order valence-electron chi connectivity index (χ3n) is 4.13. The van der Waals surface area contributed by atoms with Crippen LogP contribution in [0.4, 0.5) is 0 Å². The second kappa shape index (κ2) is 6.91. The Balaban J connectivity index is 2.18. The number of aryl methyl sites for hydroxylation is 1. The van der Waals surface area contributed by atoms with E-state index in [1.165, 1.54) is 5.69 Å². The van der Waals surface area contributed by atoms with Crippen molar-refractivity contribution in [2.45, 2.75) is 27.2 Å². The molecule has 0 aliphatic rings. The van der Waals surface area contributed by atoms with Crippen LogP contribution >= 0.6 is 0 Å². The van der Waals surface area contributed by atoms with Crippen molar-refractivity contribution in [2.24, 2.45) is 5.92 Å². The van der Waals surface area contributed by atoms with E-state index in [-0.39, 0.29) is 0 Å².